The second-order valence-electron chi connectivity index (χ2n) is 3.63. The summed E-state index contributed by atoms with van der Waals surface area (Å²) in [4.78, 5) is 12.0. The van der Waals surface area contributed by atoms with Crippen LogP contribution in [0.3, 0.4) is 0 Å². The van der Waals surface area contributed by atoms with Crippen molar-refractivity contribution in [1.29, 1.82) is 0 Å². The van der Waals surface area contributed by atoms with E-state index in [1.54, 1.807) is 16.2 Å². The Morgan fingerprint density at radius 1 is 1.12 bits per heavy atom. The molecule has 0 radical (unpaired) electrons. The topological polar surface area (TPSA) is 36.2 Å². The lowest BCUT2D eigenvalue weighted by molar-refractivity contribution is 0.415. The molecule has 0 atom stereocenters. The molecule has 4 nitrogen and oxygen atoms in total. The molecule has 0 unspecified atom stereocenters. The fourth-order valence-electron chi connectivity index (χ4n) is 2.04. The Hall–Kier alpha value is -1.71. The summed E-state index contributed by atoms with van der Waals surface area (Å²) in [7, 11) is 1.63. The zero-order valence-electron chi connectivity index (χ0n) is 9.86. The van der Waals surface area contributed by atoms with Crippen LogP contribution < -0.4 is 10.4 Å². The van der Waals surface area contributed by atoms with Crippen LogP contribution >= 0.6 is 0 Å². The highest BCUT2D eigenvalue weighted by Gasteiger charge is 2.11. The van der Waals surface area contributed by atoms with Crippen LogP contribution in [0.1, 0.15) is 13.8 Å². The highest BCUT2D eigenvalue weighted by atomic mass is 16.5. The average molecular weight is 220 g/mol. The molecular weight excluding hydrogens is 204 g/mol. The third kappa shape index (κ3) is 1.41. The summed E-state index contributed by atoms with van der Waals surface area (Å²) in [6.07, 6.45) is 0. The number of rotatable bonds is 3. The first kappa shape index (κ1) is 10.8. The van der Waals surface area contributed by atoms with Gasteiger partial charge in [0.15, 0.2) is 0 Å². The molecule has 0 saturated heterocycles. The molecule has 0 saturated carbocycles. The Morgan fingerprint density at radius 2 is 1.75 bits per heavy atom. The number of aromatic nitrogens is 2. The van der Waals surface area contributed by atoms with E-state index in [0.717, 1.165) is 16.8 Å². The maximum absolute atomic E-state index is 12.0. The average Bonchev–Trinajstić information content (AvgIpc) is 2.59. The van der Waals surface area contributed by atoms with Gasteiger partial charge in [-0.2, -0.15) is 0 Å². The van der Waals surface area contributed by atoms with Crippen molar-refractivity contribution in [2.75, 3.05) is 7.11 Å². The number of methoxy groups -OCH3 is 1. The van der Waals surface area contributed by atoms with E-state index in [1.807, 2.05) is 32.0 Å². The number of benzene rings is 1. The third-order valence-corrected chi connectivity index (χ3v) is 2.86. The minimum Gasteiger partial charge on any atom is -0.497 e. The van der Waals surface area contributed by atoms with Gasteiger partial charge in [0.25, 0.3) is 0 Å². The summed E-state index contributed by atoms with van der Waals surface area (Å²) in [5, 5.41) is 0. The predicted molar refractivity (Wildman–Crippen MR) is 64.1 cm³/mol. The molecule has 0 fully saturated rings. The van der Waals surface area contributed by atoms with Gasteiger partial charge >= 0.3 is 5.69 Å². The van der Waals surface area contributed by atoms with Gasteiger partial charge in [-0.05, 0) is 26.0 Å². The molecule has 0 bridgehead atoms. The molecule has 2 aromatic rings. The number of aryl methyl sites for hydroxylation is 2. The highest BCUT2D eigenvalue weighted by Crippen LogP contribution is 2.20. The fraction of sp³-hybridized carbons (Fsp3) is 0.417. The Bertz CT molecular complexity index is 566. The van der Waals surface area contributed by atoms with Crippen molar-refractivity contribution in [1.82, 2.24) is 9.13 Å². The van der Waals surface area contributed by atoms with E-state index in [2.05, 4.69) is 0 Å². The number of nitrogens with zero attached hydrogens (tertiary/aromatic N) is 2. The van der Waals surface area contributed by atoms with Gasteiger partial charge in [-0.15, -0.1) is 0 Å². The normalized spacial score (nSPS) is 10.9. The highest BCUT2D eigenvalue weighted by molar-refractivity contribution is 5.77. The van der Waals surface area contributed by atoms with Gasteiger partial charge in [-0.3, -0.25) is 9.13 Å². The van der Waals surface area contributed by atoms with E-state index in [9.17, 15) is 4.79 Å². The first-order valence-electron chi connectivity index (χ1n) is 5.50. The fourth-order valence-corrected chi connectivity index (χ4v) is 2.04. The molecule has 1 aromatic carbocycles. The van der Waals surface area contributed by atoms with Gasteiger partial charge in [0.1, 0.15) is 5.75 Å². The first-order chi connectivity index (χ1) is 7.72. The van der Waals surface area contributed by atoms with Crippen molar-refractivity contribution in [3.63, 3.8) is 0 Å². The lowest BCUT2D eigenvalue weighted by atomic mass is 10.3. The predicted octanol–water partition coefficient (Wildman–Crippen LogP) is 1.85. The summed E-state index contributed by atoms with van der Waals surface area (Å²) in [6.45, 7) is 5.32. The summed E-state index contributed by atoms with van der Waals surface area (Å²) in [5.74, 6) is 0.781. The van der Waals surface area contributed by atoms with E-state index in [0.29, 0.717) is 13.1 Å². The molecule has 1 aromatic heterocycles. The molecule has 1 heterocycles. The minimum atomic E-state index is 0.0493. The van der Waals surface area contributed by atoms with Crippen molar-refractivity contribution < 1.29 is 4.74 Å². The second kappa shape index (κ2) is 4.04. The Balaban J connectivity index is 2.84. The van der Waals surface area contributed by atoms with E-state index in [1.165, 1.54) is 0 Å². The monoisotopic (exact) mass is 220 g/mol. The third-order valence-electron chi connectivity index (χ3n) is 2.86. The van der Waals surface area contributed by atoms with Gasteiger partial charge in [-0.1, -0.05) is 0 Å². The minimum absolute atomic E-state index is 0.0493. The van der Waals surface area contributed by atoms with Gasteiger partial charge in [0.2, 0.25) is 0 Å². The lowest BCUT2D eigenvalue weighted by Gasteiger charge is -2.01. The number of hydrogen-bond donors (Lipinski definition) is 0. The van der Waals surface area contributed by atoms with Crippen molar-refractivity contribution in [3.8, 4) is 5.75 Å². The quantitative estimate of drug-likeness (QED) is 0.791. The van der Waals surface area contributed by atoms with Gasteiger partial charge in [0.05, 0.1) is 18.1 Å². The molecule has 0 aliphatic rings. The number of fused-ring (bicyclic) bond motifs is 1. The van der Waals surface area contributed by atoms with Crippen LogP contribution in [0, 0.1) is 0 Å². The van der Waals surface area contributed by atoms with Crippen LogP contribution in [0.2, 0.25) is 0 Å². The maximum Gasteiger partial charge on any atom is 0.329 e. The van der Waals surface area contributed by atoms with Crippen LogP contribution in [0.15, 0.2) is 23.0 Å². The SMILES string of the molecule is CCn1c(=O)n(CC)c2cc(OC)ccc21. The molecule has 16 heavy (non-hydrogen) atoms. The lowest BCUT2D eigenvalue weighted by Crippen LogP contribution is -2.22. The summed E-state index contributed by atoms with van der Waals surface area (Å²) < 4.78 is 8.72. The van der Waals surface area contributed by atoms with E-state index < -0.39 is 0 Å². The molecule has 4 heteroatoms. The van der Waals surface area contributed by atoms with Crippen molar-refractivity contribution >= 4 is 11.0 Å². The summed E-state index contributed by atoms with van der Waals surface area (Å²) in [6, 6.07) is 5.73. The molecule has 0 aliphatic heterocycles. The number of hydrogen-bond acceptors (Lipinski definition) is 2. The molecule has 0 spiro atoms. The zero-order valence-corrected chi connectivity index (χ0v) is 9.86. The second-order valence-corrected chi connectivity index (χ2v) is 3.63. The number of ether oxygens (including phenoxy) is 1. The van der Waals surface area contributed by atoms with Crippen LogP contribution in [-0.2, 0) is 13.1 Å². The molecule has 0 aliphatic carbocycles. The molecule has 86 valence electrons. The zero-order chi connectivity index (χ0) is 11.7. The van der Waals surface area contributed by atoms with Gasteiger partial charge < -0.3 is 4.74 Å². The maximum atomic E-state index is 12.0. The summed E-state index contributed by atoms with van der Waals surface area (Å²) >= 11 is 0. The largest absolute Gasteiger partial charge is 0.497 e. The van der Waals surface area contributed by atoms with E-state index in [-0.39, 0.29) is 5.69 Å². The molecule has 0 N–H and O–H groups in total. The van der Waals surface area contributed by atoms with E-state index >= 15 is 0 Å². The molecular formula is C12H16N2O2. The molecule has 0 amide bonds. The van der Waals surface area contributed by atoms with Crippen molar-refractivity contribution in [2.24, 2.45) is 0 Å². The Labute approximate surface area is 94.1 Å². The Kier molecular flexibility index (Phi) is 2.73. The van der Waals surface area contributed by atoms with Crippen LogP contribution in [-0.4, -0.2) is 16.2 Å². The number of imidazole rings is 1. The van der Waals surface area contributed by atoms with Crippen LogP contribution in [0.5, 0.6) is 5.75 Å². The smallest absolute Gasteiger partial charge is 0.329 e. The Morgan fingerprint density at radius 3 is 2.31 bits per heavy atom. The standard InChI is InChI=1S/C12H16N2O2/c1-4-13-10-7-6-9(16-3)8-11(10)14(5-2)12(13)15/h6-8H,4-5H2,1-3H3. The van der Waals surface area contributed by atoms with E-state index in [4.69, 9.17) is 4.74 Å². The molecule has 2 rings (SSSR count). The van der Waals surface area contributed by atoms with Gasteiger partial charge in [-0.25, -0.2) is 4.79 Å². The van der Waals surface area contributed by atoms with Crippen molar-refractivity contribution in [3.05, 3.63) is 28.7 Å². The van der Waals surface area contributed by atoms with Crippen LogP contribution in [0.25, 0.3) is 11.0 Å². The van der Waals surface area contributed by atoms with Crippen molar-refractivity contribution in [2.45, 2.75) is 26.9 Å². The van der Waals surface area contributed by atoms with Crippen LogP contribution in [0.4, 0.5) is 0 Å². The first-order valence-corrected chi connectivity index (χ1v) is 5.50. The van der Waals surface area contributed by atoms with Gasteiger partial charge in [0, 0.05) is 19.2 Å². The summed E-state index contributed by atoms with van der Waals surface area (Å²) in [5.41, 5.74) is 1.96.